The quantitative estimate of drug-likeness (QED) is 0.147. The summed E-state index contributed by atoms with van der Waals surface area (Å²) in [5, 5.41) is 4.40. The molecule has 3 aliphatic heterocycles. The van der Waals surface area contributed by atoms with Gasteiger partial charge in [-0.25, -0.2) is 0 Å². The van der Waals surface area contributed by atoms with Crippen molar-refractivity contribution in [3.63, 3.8) is 0 Å². The molecule has 10 aromatic rings. The Kier molecular flexibility index (Phi) is 8.81. The van der Waals surface area contributed by atoms with Gasteiger partial charge in [0.25, 0.3) is 6.71 Å². The topological polar surface area (TPSA) is 6.48 Å². The SMILES string of the molecule is Cc1cc2c3c(c1)N(c1c(-c4ccccc4)cccc1-c1ccccc1)c1cccc4c1B3c1c(cccc1[Si]4(C)c1ccccc1)N2c1c(-c2ccccc2)cccc1-c1ccccc1. The van der Waals surface area contributed by atoms with Gasteiger partial charge in [0.2, 0.25) is 0 Å². The van der Waals surface area contributed by atoms with Gasteiger partial charge >= 0.3 is 0 Å². The monoisotopic (exact) mass is 856 g/mol. The van der Waals surface area contributed by atoms with Crippen LogP contribution in [0.5, 0.6) is 0 Å². The number of para-hydroxylation sites is 2. The summed E-state index contributed by atoms with van der Waals surface area (Å²) >= 11 is 0. The standard InChI is InChI=1S/C62H45BN2Si/c1-42-40-54-58-55(41-42)65(62-50(45-26-12-5-13-27-45)34-19-35-51(62)46-28-14-6-15-29-46)53-37-21-39-57-60(53)63(58)59-52(36-20-38-56(59)66(57,2)47-30-16-7-17-31-47)64(54)61-48(43-22-8-3-9-23-43)32-18-33-49(61)44-24-10-4-11-25-44/h3-41H,1-2H3. The summed E-state index contributed by atoms with van der Waals surface area (Å²) in [5.74, 6) is 0. The second-order valence-corrected chi connectivity index (χ2v) is 22.1. The second kappa shape index (κ2) is 15.1. The van der Waals surface area contributed by atoms with Crippen LogP contribution in [0.2, 0.25) is 6.55 Å². The number of hydrogen-bond acceptors (Lipinski definition) is 2. The normalized spacial score (nSPS) is 13.6. The number of nitrogens with zero attached hydrogens (tertiary/aromatic N) is 2. The minimum absolute atomic E-state index is 0.0258. The molecule has 0 unspecified atom stereocenters. The fourth-order valence-corrected chi connectivity index (χ4v) is 16.0. The van der Waals surface area contributed by atoms with Crippen LogP contribution in [-0.2, 0) is 0 Å². The molecule has 4 heteroatoms. The van der Waals surface area contributed by atoms with Crippen molar-refractivity contribution in [1.29, 1.82) is 0 Å². The van der Waals surface area contributed by atoms with Crippen LogP contribution in [0.3, 0.4) is 0 Å². The molecule has 0 N–H and O–H groups in total. The molecule has 0 radical (unpaired) electrons. The van der Waals surface area contributed by atoms with Gasteiger partial charge in [0, 0.05) is 45.0 Å². The average Bonchev–Trinajstić information content (AvgIpc) is 3.38. The van der Waals surface area contributed by atoms with Gasteiger partial charge in [-0.2, -0.15) is 0 Å². The van der Waals surface area contributed by atoms with E-state index in [0.29, 0.717) is 0 Å². The Bertz CT molecular complexity index is 3180. The summed E-state index contributed by atoms with van der Waals surface area (Å²) in [7, 11) is -2.67. The number of anilines is 6. The van der Waals surface area contributed by atoms with Gasteiger partial charge in [-0.05, 0) is 80.6 Å². The third-order valence-corrected chi connectivity index (χ3v) is 19.1. The second-order valence-electron chi connectivity index (χ2n) is 18.2. The van der Waals surface area contributed by atoms with Crippen molar-refractivity contribution in [1.82, 2.24) is 0 Å². The first-order valence-corrected chi connectivity index (χ1v) is 25.6. The van der Waals surface area contributed by atoms with E-state index in [-0.39, 0.29) is 6.71 Å². The van der Waals surface area contributed by atoms with Crippen molar-refractivity contribution in [3.05, 3.63) is 242 Å². The minimum atomic E-state index is -2.67. The largest absolute Gasteiger partial charge is 0.310 e. The predicted octanol–water partition coefficient (Wildman–Crippen LogP) is 12.2. The zero-order valence-electron chi connectivity index (χ0n) is 37.0. The zero-order chi connectivity index (χ0) is 43.9. The average molecular weight is 857 g/mol. The maximum absolute atomic E-state index is 2.67. The van der Waals surface area contributed by atoms with E-state index in [1.165, 1.54) is 116 Å². The van der Waals surface area contributed by atoms with Crippen molar-refractivity contribution < 1.29 is 0 Å². The lowest BCUT2D eigenvalue weighted by molar-refractivity contribution is 1.24. The van der Waals surface area contributed by atoms with E-state index >= 15 is 0 Å². The van der Waals surface area contributed by atoms with E-state index in [0.717, 1.165) is 0 Å². The van der Waals surface area contributed by atoms with Crippen LogP contribution in [0.4, 0.5) is 34.1 Å². The Balaban J connectivity index is 1.21. The molecule has 0 aromatic heterocycles. The zero-order valence-corrected chi connectivity index (χ0v) is 38.0. The first-order chi connectivity index (χ1) is 32.6. The minimum Gasteiger partial charge on any atom is -0.310 e. The summed E-state index contributed by atoms with van der Waals surface area (Å²) in [5.41, 5.74) is 22.4. The van der Waals surface area contributed by atoms with Gasteiger partial charge in [0.15, 0.2) is 0 Å². The Morgan fingerprint density at radius 1 is 0.333 bits per heavy atom. The fourth-order valence-electron chi connectivity index (χ4n) is 11.8. The van der Waals surface area contributed by atoms with E-state index in [9.17, 15) is 0 Å². The molecule has 0 atom stereocenters. The Morgan fingerprint density at radius 2 is 0.667 bits per heavy atom. The maximum atomic E-state index is 2.67. The van der Waals surface area contributed by atoms with E-state index < -0.39 is 8.07 Å². The number of benzene rings is 10. The molecule has 0 bridgehead atoms. The highest BCUT2D eigenvalue weighted by Crippen LogP contribution is 2.52. The molecular weight excluding hydrogens is 812 g/mol. The highest BCUT2D eigenvalue weighted by Gasteiger charge is 2.54. The van der Waals surface area contributed by atoms with Crippen LogP contribution >= 0.6 is 0 Å². The maximum Gasteiger partial charge on any atom is 0.251 e. The molecule has 3 aliphatic rings. The molecule has 0 amide bonds. The third kappa shape index (κ3) is 5.61. The predicted molar refractivity (Wildman–Crippen MR) is 284 cm³/mol. The molecule has 0 spiro atoms. The van der Waals surface area contributed by atoms with Gasteiger partial charge in [0.05, 0.1) is 11.4 Å². The number of hydrogen-bond donors (Lipinski definition) is 0. The lowest BCUT2D eigenvalue weighted by atomic mass is 9.33. The van der Waals surface area contributed by atoms with E-state index in [1.54, 1.807) is 0 Å². The van der Waals surface area contributed by atoms with Crippen molar-refractivity contribution in [2.45, 2.75) is 13.5 Å². The molecule has 66 heavy (non-hydrogen) atoms. The van der Waals surface area contributed by atoms with Crippen LogP contribution in [0.15, 0.2) is 237 Å². The highest BCUT2D eigenvalue weighted by molar-refractivity contribution is 7.21. The Labute approximate surface area is 388 Å². The summed E-state index contributed by atoms with van der Waals surface area (Å²) in [6, 6.07) is 88.6. The smallest absolute Gasteiger partial charge is 0.251 e. The van der Waals surface area contributed by atoms with Gasteiger partial charge in [-0.1, -0.05) is 229 Å². The Hall–Kier alpha value is -7.92. The van der Waals surface area contributed by atoms with Gasteiger partial charge < -0.3 is 9.80 Å². The van der Waals surface area contributed by atoms with Crippen molar-refractivity contribution in [3.8, 4) is 44.5 Å². The van der Waals surface area contributed by atoms with Gasteiger partial charge in [-0.3, -0.25) is 0 Å². The van der Waals surface area contributed by atoms with Crippen molar-refractivity contribution in [2.24, 2.45) is 0 Å². The van der Waals surface area contributed by atoms with Crippen LogP contribution < -0.4 is 41.7 Å². The first-order valence-electron chi connectivity index (χ1n) is 23.1. The molecular formula is C62H45BN2Si. The lowest BCUT2D eigenvalue weighted by Gasteiger charge is -2.51. The molecule has 3 heterocycles. The number of aryl methyl sites for hydroxylation is 1. The first kappa shape index (κ1) is 38.5. The van der Waals surface area contributed by atoms with E-state index in [4.69, 9.17) is 0 Å². The molecule has 310 valence electrons. The van der Waals surface area contributed by atoms with Crippen LogP contribution in [0.25, 0.3) is 44.5 Å². The summed E-state index contributed by atoms with van der Waals surface area (Å²) in [4.78, 5) is 5.34. The van der Waals surface area contributed by atoms with Crippen molar-refractivity contribution >= 4 is 80.9 Å². The van der Waals surface area contributed by atoms with Crippen LogP contribution in [0, 0.1) is 6.92 Å². The highest BCUT2D eigenvalue weighted by atomic mass is 28.3. The molecule has 0 aliphatic carbocycles. The summed E-state index contributed by atoms with van der Waals surface area (Å²) in [6.45, 7) is 4.92. The fraction of sp³-hybridized carbons (Fsp3) is 0.0323. The summed E-state index contributed by atoms with van der Waals surface area (Å²) in [6.07, 6.45) is 0. The molecule has 0 saturated heterocycles. The molecule has 0 saturated carbocycles. The van der Waals surface area contributed by atoms with E-state index in [2.05, 4.69) is 260 Å². The molecule has 13 rings (SSSR count). The van der Waals surface area contributed by atoms with Gasteiger partial charge in [0.1, 0.15) is 8.07 Å². The van der Waals surface area contributed by atoms with Gasteiger partial charge in [-0.15, -0.1) is 0 Å². The van der Waals surface area contributed by atoms with Crippen LogP contribution in [0.1, 0.15) is 5.56 Å². The van der Waals surface area contributed by atoms with Crippen molar-refractivity contribution in [2.75, 3.05) is 9.80 Å². The third-order valence-electron chi connectivity index (χ3n) is 14.6. The molecule has 0 fully saturated rings. The lowest BCUT2D eigenvalue weighted by Crippen LogP contribution is -2.83. The Morgan fingerprint density at radius 3 is 1.03 bits per heavy atom. The van der Waals surface area contributed by atoms with E-state index in [1.807, 2.05) is 0 Å². The molecule has 10 aromatic carbocycles. The molecule has 2 nitrogen and oxygen atoms in total. The number of rotatable bonds is 7. The summed E-state index contributed by atoms with van der Waals surface area (Å²) < 4.78 is 0. The van der Waals surface area contributed by atoms with Crippen LogP contribution in [-0.4, -0.2) is 14.8 Å².